The molecule has 1 fully saturated rings. The molecule has 1 saturated heterocycles. The molecule has 1 aromatic heterocycles. The predicted molar refractivity (Wildman–Crippen MR) is 110 cm³/mol. The van der Waals surface area contributed by atoms with Crippen molar-refractivity contribution in [3.8, 4) is 5.75 Å². The van der Waals surface area contributed by atoms with Crippen LogP contribution in [0.2, 0.25) is 0 Å². The number of hydrogen-bond donors (Lipinski definition) is 2. The summed E-state index contributed by atoms with van der Waals surface area (Å²) in [4.78, 5) is 7.97. The van der Waals surface area contributed by atoms with E-state index in [2.05, 4.69) is 46.0 Å². The number of methoxy groups -OCH3 is 1. The number of aromatic amines is 1. The van der Waals surface area contributed by atoms with Crippen molar-refractivity contribution in [3.05, 3.63) is 59.8 Å². The molecule has 0 saturated carbocycles. The maximum absolute atomic E-state index is 10.8. The predicted octanol–water partition coefficient (Wildman–Crippen LogP) is 3.34. The first kappa shape index (κ1) is 17.9. The maximum atomic E-state index is 10.8. The molecule has 2 heterocycles. The third kappa shape index (κ3) is 3.66. The molecule has 0 aliphatic carbocycles. The Hall–Kier alpha value is -2.50. The number of fused-ring (bicyclic) bond motifs is 1. The first-order valence-electron chi connectivity index (χ1n) is 9.51. The van der Waals surface area contributed by atoms with Gasteiger partial charge in [-0.15, -0.1) is 0 Å². The van der Waals surface area contributed by atoms with Crippen LogP contribution >= 0.6 is 0 Å². The number of benzene rings is 2. The highest BCUT2D eigenvalue weighted by Crippen LogP contribution is 2.29. The molecule has 0 amide bonds. The highest BCUT2D eigenvalue weighted by atomic mass is 16.5. The Kier molecular flexibility index (Phi) is 5.05. The van der Waals surface area contributed by atoms with Crippen molar-refractivity contribution < 1.29 is 9.84 Å². The highest BCUT2D eigenvalue weighted by Gasteiger charge is 2.23. The second kappa shape index (κ2) is 7.62. The molecule has 2 aromatic carbocycles. The van der Waals surface area contributed by atoms with Crippen LogP contribution < -0.4 is 9.64 Å². The van der Waals surface area contributed by atoms with E-state index in [4.69, 9.17) is 4.74 Å². The number of rotatable bonds is 5. The van der Waals surface area contributed by atoms with Gasteiger partial charge in [-0.25, -0.2) is 0 Å². The fraction of sp³-hybridized carbons (Fsp3) is 0.364. The molecule has 0 bridgehead atoms. The van der Waals surface area contributed by atoms with Gasteiger partial charge < -0.3 is 19.7 Å². The molecule has 0 unspecified atom stereocenters. The van der Waals surface area contributed by atoms with Gasteiger partial charge in [0.25, 0.3) is 0 Å². The van der Waals surface area contributed by atoms with E-state index in [1.54, 1.807) is 7.11 Å². The fourth-order valence-corrected chi connectivity index (χ4v) is 3.94. The molecule has 0 spiro atoms. The maximum Gasteiger partial charge on any atom is 0.142 e. The Bertz CT molecular complexity index is 913. The molecule has 27 heavy (non-hydrogen) atoms. The van der Waals surface area contributed by atoms with Crippen LogP contribution in [0.1, 0.15) is 17.2 Å². The number of aromatic nitrogens is 1. The number of aliphatic hydroxyl groups is 1. The summed E-state index contributed by atoms with van der Waals surface area (Å²) in [6, 6.07) is 14.5. The van der Waals surface area contributed by atoms with Crippen LogP contribution in [-0.2, 0) is 0 Å². The van der Waals surface area contributed by atoms with E-state index in [9.17, 15) is 5.11 Å². The Morgan fingerprint density at radius 1 is 1.11 bits per heavy atom. The monoisotopic (exact) mass is 365 g/mol. The average molecular weight is 365 g/mol. The zero-order valence-corrected chi connectivity index (χ0v) is 16.0. The molecule has 3 aromatic rings. The summed E-state index contributed by atoms with van der Waals surface area (Å²) in [6.45, 7) is 6.45. The Morgan fingerprint density at radius 2 is 1.89 bits per heavy atom. The SMILES string of the molecule is COc1ccccc1N1CCN(C[C@H](O)c2c[nH]c3ccc(C)cc23)CC1. The van der Waals surface area contributed by atoms with Crippen LogP contribution in [0.3, 0.4) is 0 Å². The Morgan fingerprint density at radius 3 is 2.67 bits per heavy atom. The number of nitrogens with one attached hydrogen (secondary N) is 1. The van der Waals surface area contributed by atoms with E-state index in [1.807, 2.05) is 24.4 Å². The van der Waals surface area contributed by atoms with Crippen LogP contribution in [0, 0.1) is 6.92 Å². The average Bonchev–Trinajstić information content (AvgIpc) is 3.11. The normalized spacial score (nSPS) is 16.6. The van der Waals surface area contributed by atoms with Crippen molar-refractivity contribution >= 4 is 16.6 Å². The van der Waals surface area contributed by atoms with Gasteiger partial charge in [0.2, 0.25) is 0 Å². The molecule has 0 radical (unpaired) electrons. The molecule has 1 aliphatic heterocycles. The number of para-hydroxylation sites is 2. The van der Waals surface area contributed by atoms with E-state index in [0.717, 1.165) is 54.1 Å². The lowest BCUT2D eigenvalue weighted by Crippen LogP contribution is -2.47. The van der Waals surface area contributed by atoms with Gasteiger partial charge in [0, 0.05) is 55.4 Å². The second-order valence-electron chi connectivity index (χ2n) is 7.27. The van der Waals surface area contributed by atoms with Crippen LogP contribution in [0.15, 0.2) is 48.7 Å². The van der Waals surface area contributed by atoms with Gasteiger partial charge in [0.15, 0.2) is 0 Å². The number of nitrogens with zero attached hydrogens (tertiary/aromatic N) is 2. The molecule has 2 N–H and O–H groups in total. The molecule has 1 aliphatic rings. The van der Waals surface area contributed by atoms with Gasteiger partial charge in [0.05, 0.1) is 18.9 Å². The summed E-state index contributed by atoms with van der Waals surface area (Å²) in [5, 5.41) is 11.9. The van der Waals surface area contributed by atoms with Crippen molar-refractivity contribution in [1.29, 1.82) is 0 Å². The molecule has 142 valence electrons. The Labute approximate surface area is 160 Å². The fourth-order valence-electron chi connectivity index (χ4n) is 3.94. The number of piperazine rings is 1. The minimum atomic E-state index is -0.488. The lowest BCUT2D eigenvalue weighted by molar-refractivity contribution is 0.110. The van der Waals surface area contributed by atoms with Crippen LogP contribution in [0.25, 0.3) is 10.9 Å². The van der Waals surface area contributed by atoms with Crippen LogP contribution in [0.5, 0.6) is 5.75 Å². The minimum Gasteiger partial charge on any atom is -0.495 e. The number of aliphatic hydroxyl groups excluding tert-OH is 1. The van der Waals surface area contributed by atoms with Crippen molar-refractivity contribution in [3.63, 3.8) is 0 Å². The van der Waals surface area contributed by atoms with Crippen molar-refractivity contribution in [2.75, 3.05) is 44.7 Å². The number of H-pyrrole nitrogens is 1. The van der Waals surface area contributed by atoms with Crippen molar-refractivity contribution in [2.24, 2.45) is 0 Å². The molecule has 5 heteroatoms. The van der Waals surface area contributed by atoms with Crippen LogP contribution in [-0.4, -0.2) is 54.8 Å². The van der Waals surface area contributed by atoms with E-state index in [1.165, 1.54) is 5.56 Å². The quantitative estimate of drug-likeness (QED) is 0.728. The minimum absolute atomic E-state index is 0.488. The largest absolute Gasteiger partial charge is 0.495 e. The van der Waals surface area contributed by atoms with Gasteiger partial charge in [-0.05, 0) is 31.2 Å². The number of hydrogen-bond acceptors (Lipinski definition) is 4. The number of aryl methyl sites for hydroxylation is 1. The van der Waals surface area contributed by atoms with Crippen LogP contribution in [0.4, 0.5) is 5.69 Å². The summed E-state index contributed by atoms with van der Waals surface area (Å²) in [7, 11) is 1.72. The van der Waals surface area contributed by atoms with E-state index < -0.39 is 6.10 Å². The van der Waals surface area contributed by atoms with E-state index >= 15 is 0 Å². The zero-order chi connectivity index (χ0) is 18.8. The summed E-state index contributed by atoms with van der Waals surface area (Å²) < 4.78 is 5.49. The molecular formula is C22H27N3O2. The zero-order valence-electron chi connectivity index (χ0n) is 16.0. The summed E-state index contributed by atoms with van der Waals surface area (Å²) in [5.74, 6) is 0.917. The highest BCUT2D eigenvalue weighted by molar-refractivity contribution is 5.84. The van der Waals surface area contributed by atoms with Crippen molar-refractivity contribution in [1.82, 2.24) is 9.88 Å². The topological polar surface area (TPSA) is 51.7 Å². The Balaban J connectivity index is 1.41. The van der Waals surface area contributed by atoms with E-state index in [-0.39, 0.29) is 0 Å². The van der Waals surface area contributed by atoms with Crippen molar-refractivity contribution in [2.45, 2.75) is 13.0 Å². The van der Waals surface area contributed by atoms with Gasteiger partial charge in [-0.3, -0.25) is 4.90 Å². The van der Waals surface area contributed by atoms with Gasteiger partial charge >= 0.3 is 0 Å². The van der Waals surface area contributed by atoms with Gasteiger partial charge in [0.1, 0.15) is 5.75 Å². The first-order chi connectivity index (χ1) is 13.2. The molecular weight excluding hydrogens is 338 g/mol. The first-order valence-corrected chi connectivity index (χ1v) is 9.51. The third-order valence-electron chi connectivity index (χ3n) is 5.46. The smallest absolute Gasteiger partial charge is 0.142 e. The van der Waals surface area contributed by atoms with Gasteiger partial charge in [-0.1, -0.05) is 23.8 Å². The summed E-state index contributed by atoms with van der Waals surface area (Å²) in [6.07, 6.45) is 1.46. The summed E-state index contributed by atoms with van der Waals surface area (Å²) >= 11 is 0. The number of ether oxygens (including phenoxy) is 1. The summed E-state index contributed by atoms with van der Waals surface area (Å²) in [5.41, 5.74) is 4.42. The molecule has 5 nitrogen and oxygen atoms in total. The second-order valence-corrected chi connectivity index (χ2v) is 7.27. The van der Waals surface area contributed by atoms with Gasteiger partial charge in [-0.2, -0.15) is 0 Å². The number of anilines is 1. The number of β-amino-alcohol motifs (C(OH)–C–C–N with tert-alkyl or cyclic N) is 1. The third-order valence-corrected chi connectivity index (χ3v) is 5.46. The van der Waals surface area contributed by atoms with E-state index in [0.29, 0.717) is 6.54 Å². The lowest BCUT2D eigenvalue weighted by Gasteiger charge is -2.37. The molecule has 1 atom stereocenters. The molecule has 4 rings (SSSR count). The lowest BCUT2D eigenvalue weighted by atomic mass is 10.1. The standard InChI is InChI=1S/C22H27N3O2/c1-16-7-8-19-17(13-16)18(14-23-19)21(26)15-24-9-11-25(12-10-24)20-5-3-4-6-22(20)27-2/h3-8,13-14,21,23,26H,9-12,15H2,1-2H3/t21-/m0/s1.